The van der Waals surface area contributed by atoms with Crippen molar-refractivity contribution in [3.8, 4) is 0 Å². The molecule has 0 saturated heterocycles. The lowest BCUT2D eigenvalue weighted by Crippen LogP contribution is -2.44. The summed E-state index contributed by atoms with van der Waals surface area (Å²) in [5.41, 5.74) is 0. The normalized spacial score (nSPS) is 23.6. The van der Waals surface area contributed by atoms with E-state index in [-0.39, 0.29) is 18.5 Å². The molecule has 0 bridgehead atoms. The smallest absolute Gasteiger partial charge is 0.308 e. The Morgan fingerprint density at radius 2 is 2.11 bits per heavy atom. The van der Waals surface area contributed by atoms with Crippen LogP contribution in [0.2, 0.25) is 0 Å². The molecule has 8 nitrogen and oxygen atoms in total. The van der Waals surface area contributed by atoms with Crippen LogP contribution in [0.15, 0.2) is 6.33 Å². The van der Waals surface area contributed by atoms with Crippen LogP contribution in [0.3, 0.4) is 0 Å². The van der Waals surface area contributed by atoms with E-state index in [0.29, 0.717) is 12.8 Å². The third-order valence-electron chi connectivity index (χ3n) is 3.38. The van der Waals surface area contributed by atoms with Crippen molar-refractivity contribution in [2.75, 3.05) is 0 Å². The van der Waals surface area contributed by atoms with Crippen molar-refractivity contribution in [3.05, 3.63) is 6.33 Å². The maximum atomic E-state index is 11.8. The molecular formula is C11H17N5O3. The van der Waals surface area contributed by atoms with Gasteiger partial charge in [-0.05, 0) is 23.3 Å². The summed E-state index contributed by atoms with van der Waals surface area (Å²) in [6.45, 7) is 0.00976. The Morgan fingerprint density at radius 3 is 2.79 bits per heavy atom. The Hall–Kier alpha value is -1.99. The van der Waals surface area contributed by atoms with Crippen LogP contribution in [0.1, 0.15) is 32.1 Å². The predicted octanol–water partition coefficient (Wildman–Crippen LogP) is -0.177. The van der Waals surface area contributed by atoms with E-state index in [1.165, 1.54) is 11.0 Å². The van der Waals surface area contributed by atoms with Crippen molar-refractivity contribution in [2.24, 2.45) is 5.92 Å². The SMILES string of the molecule is O=C(Cn1cnnn1)NC1CCCCCC1C(=O)O. The van der Waals surface area contributed by atoms with Crippen molar-refractivity contribution in [1.29, 1.82) is 0 Å². The van der Waals surface area contributed by atoms with E-state index in [1.807, 2.05) is 0 Å². The molecule has 1 aromatic rings. The lowest BCUT2D eigenvalue weighted by atomic mass is 9.95. The minimum absolute atomic E-state index is 0.00976. The van der Waals surface area contributed by atoms with Crippen molar-refractivity contribution in [1.82, 2.24) is 25.5 Å². The number of hydrogen-bond donors (Lipinski definition) is 2. The van der Waals surface area contributed by atoms with Crippen LogP contribution in [0.4, 0.5) is 0 Å². The molecule has 2 N–H and O–H groups in total. The standard InChI is InChI=1S/C11H17N5O3/c17-10(6-16-7-12-14-15-16)13-9-5-3-1-2-4-8(9)11(18)19/h7-9H,1-6H2,(H,13,17)(H,18,19). The molecule has 1 saturated carbocycles. The highest BCUT2D eigenvalue weighted by Crippen LogP contribution is 2.23. The minimum atomic E-state index is -0.838. The summed E-state index contributed by atoms with van der Waals surface area (Å²) in [5, 5.41) is 22.5. The molecule has 2 unspecified atom stereocenters. The number of carbonyl (C=O) groups is 2. The number of nitrogens with zero attached hydrogens (tertiary/aromatic N) is 4. The molecule has 1 aliphatic carbocycles. The number of rotatable bonds is 4. The number of amides is 1. The quantitative estimate of drug-likeness (QED) is 0.732. The largest absolute Gasteiger partial charge is 0.481 e. The molecular weight excluding hydrogens is 250 g/mol. The van der Waals surface area contributed by atoms with E-state index in [2.05, 4.69) is 20.8 Å². The van der Waals surface area contributed by atoms with Gasteiger partial charge >= 0.3 is 5.97 Å². The number of carboxylic acid groups (broad SMARTS) is 1. The van der Waals surface area contributed by atoms with Crippen molar-refractivity contribution in [3.63, 3.8) is 0 Å². The molecule has 1 fully saturated rings. The first-order valence-corrected chi connectivity index (χ1v) is 6.40. The van der Waals surface area contributed by atoms with Gasteiger partial charge < -0.3 is 10.4 Å². The van der Waals surface area contributed by atoms with Crippen LogP contribution >= 0.6 is 0 Å². The van der Waals surface area contributed by atoms with Crippen LogP contribution in [0.25, 0.3) is 0 Å². The minimum Gasteiger partial charge on any atom is -0.481 e. The van der Waals surface area contributed by atoms with E-state index in [9.17, 15) is 14.7 Å². The first-order valence-electron chi connectivity index (χ1n) is 6.40. The highest BCUT2D eigenvalue weighted by Gasteiger charge is 2.30. The summed E-state index contributed by atoms with van der Waals surface area (Å²) in [5.74, 6) is -1.60. The fraction of sp³-hybridized carbons (Fsp3) is 0.727. The Labute approximate surface area is 110 Å². The number of aliphatic carboxylic acids is 1. The number of carboxylic acids is 1. The topological polar surface area (TPSA) is 110 Å². The van der Waals surface area contributed by atoms with Crippen LogP contribution in [-0.4, -0.2) is 43.2 Å². The summed E-state index contributed by atoms with van der Waals surface area (Å²) in [6, 6.07) is -0.302. The van der Waals surface area contributed by atoms with Gasteiger partial charge in [0.15, 0.2) is 0 Å². The van der Waals surface area contributed by atoms with Crippen molar-refractivity contribution >= 4 is 11.9 Å². The van der Waals surface area contributed by atoms with E-state index < -0.39 is 11.9 Å². The second-order valence-electron chi connectivity index (χ2n) is 4.76. The number of nitrogens with one attached hydrogen (secondary N) is 1. The lowest BCUT2D eigenvalue weighted by molar-refractivity contribution is -0.143. The van der Waals surface area contributed by atoms with E-state index in [1.54, 1.807) is 0 Å². The summed E-state index contributed by atoms with van der Waals surface area (Å²) < 4.78 is 1.31. The summed E-state index contributed by atoms with van der Waals surface area (Å²) in [6.07, 6.45) is 5.53. The molecule has 8 heteroatoms. The van der Waals surface area contributed by atoms with Gasteiger partial charge in [-0.3, -0.25) is 9.59 Å². The molecule has 0 radical (unpaired) electrons. The zero-order valence-corrected chi connectivity index (χ0v) is 10.5. The Bertz CT molecular complexity index is 434. The third-order valence-corrected chi connectivity index (χ3v) is 3.38. The molecule has 104 valence electrons. The maximum absolute atomic E-state index is 11.8. The third kappa shape index (κ3) is 3.73. The number of tetrazole rings is 1. The second-order valence-corrected chi connectivity index (χ2v) is 4.76. The molecule has 1 amide bonds. The summed E-state index contributed by atoms with van der Waals surface area (Å²) >= 11 is 0. The Morgan fingerprint density at radius 1 is 1.32 bits per heavy atom. The number of hydrogen-bond acceptors (Lipinski definition) is 5. The van der Waals surface area contributed by atoms with Gasteiger partial charge in [0.1, 0.15) is 12.9 Å². The molecule has 1 aromatic heterocycles. The van der Waals surface area contributed by atoms with Gasteiger partial charge in [0, 0.05) is 6.04 Å². The summed E-state index contributed by atoms with van der Waals surface area (Å²) in [7, 11) is 0. The van der Waals surface area contributed by atoms with E-state index in [4.69, 9.17) is 0 Å². The van der Waals surface area contributed by atoms with E-state index >= 15 is 0 Å². The van der Waals surface area contributed by atoms with Gasteiger partial charge in [-0.15, -0.1) is 5.10 Å². The van der Waals surface area contributed by atoms with Crippen LogP contribution in [-0.2, 0) is 16.1 Å². The molecule has 1 heterocycles. The average Bonchev–Trinajstić information content (AvgIpc) is 2.73. The monoisotopic (exact) mass is 267 g/mol. The van der Waals surface area contributed by atoms with Crippen LogP contribution in [0.5, 0.6) is 0 Å². The second kappa shape index (κ2) is 6.26. The Kier molecular flexibility index (Phi) is 4.43. The molecule has 19 heavy (non-hydrogen) atoms. The first-order chi connectivity index (χ1) is 9.16. The highest BCUT2D eigenvalue weighted by molar-refractivity contribution is 5.77. The Balaban J connectivity index is 1.94. The number of aromatic nitrogens is 4. The van der Waals surface area contributed by atoms with Gasteiger partial charge in [0.05, 0.1) is 5.92 Å². The van der Waals surface area contributed by atoms with Gasteiger partial charge in [0.2, 0.25) is 5.91 Å². The zero-order chi connectivity index (χ0) is 13.7. The lowest BCUT2D eigenvalue weighted by Gasteiger charge is -2.22. The molecule has 1 aliphatic rings. The van der Waals surface area contributed by atoms with Gasteiger partial charge in [-0.1, -0.05) is 19.3 Å². The average molecular weight is 267 g/mol. The molecule has 2 rings (SSSR count). The van der Waals surface area contributed by atoms with Gasteiger partial charge in [-0.25, -0.2) is 4.68 Å². The molecule has 0 aromatic carbocycles. The van der Waals surface area contributed by atoms with Gasteiger partial charge in [-0.2, -0.15) is 0 Å². The van der Waals surface area contributed by atoms with Crippen molar-refractivity contribution in [2.45, 2.75) is 44.7 Å². The molecule has 0 spiro atoms. The molecule has 2 atom stereocenters. The number of carbonyl (C=O) groups excluding carboxylic acids is 1. The fourth-order valence-electron chi connectivity index (χ4n) is 2.43. The highest BCUT2D eigenvalue weighted by atomic mass is 16.4. The first kappa shape index (κ1) is 13.4. The molecule has 0 aliphatic heterocycles. The predicted molar refractivity (Wildman–Crippen MR) is 64.0 cm³/mol. The van der Waals surface area contributed by atoms with Crippen molar-refractivity contribution < 1.29 is 14.7 Å². The van der Waals surface area contributed by atoms with Crippen LogP contribution < -0.4 is 5.32 Å². The fourth-order valence-corrected chi connectivity index (χ4v) is 2.43. The maximum Gasteiger partial charge on any atom is 0.308 e. The van der Waals surface area contributed by atoms with Crippen LogP contribution in [0, 0.1) is 5.92 Å². The van der Waals surface area contributed by atoms with Gasteiger partial charge in [0.25, 0.3) is 0 Å². The zero-order valence-electron chi connectivity index (χ0n) is 10.5. The summed E-state index contributed by atoms with van der Waals surface area (Å²) in [4.78, 5) is 23.1. The van der Waals surface area contributed by atoms with E-state index in [0.717, 1.165) is 19.3 Å².